The highest BCUT2D eigenvalue weighted by molar-refractivity contribution is 6.78. The molecule has 0 fully saturated rings. The molecule has 7 nitrogen and oxygen atoms in total. The van der Waals surface area contributed by atoms with Crippen LogP contribution >= 0.6 is 0 Å². The minimum Gasteiger partial charge on any atom is -0.394 e. The first-order valence-electron chi connectivity index (χ1n) is 6.93. The Bertz CT molecular complexity index is 563. The van der Waals surface area contributed by atoms with E-state index in [4.69, 9.17) is 18.5 Å². The van der Waals surface area contributed by atoms with Crippen molar-refractivity contribution in [3.8, 4) is 0 Å². The van der Waals surface area contributed by atoms with Crippen molar-refractivity contribution in [1.29, 1.82) is 0 Å². The number of nitrogens with zero attached hydrogens (tertiary/aromatic N) is 1. The topological polar surface area (TPSA) is 107 Å². The largest absolute Gasteiger partial charge is 0.660 e. The number of hydrogen-bond donors (Lipinski definition) is 3. The molecule has 120 valence electrons. The molecule has 0 radical (unpaired) electrons. The molecule has 2 rings (SSSR count). The second kappa shape index (κ2) is 6.03. The van der Waals surface area contributed by atoms with Gasteiger partial charge in [0, 0.05) is 6.54 Å². The molecule has 0 saturated carbocycles. The van der Waals surface area contributed by atoms with E-state index in [1.54, 1.807) is 37.4 Å². The van der Waals surface area contributed by atoms with E-state index in [1.165, 1.54) is 4.90 Å². The lowest BCUT2D eigenvalue weighted by Crippen LogP contribution is -2.49. The molecule has 0 aliphatic carbocycles. The highest BCUT2D eigenvalue weighted by atomic mass is 28.5. The molecule has 0 atom stereocenters. The number of carbonyl (C=O) groups excluding carboxylic acids is 2. The lowest BCUT2D eigenvalue weighted by atomic mass is 10.1. The summed E-state index contributed by atoms with van der Waals surface area (Å²) in [5.74, 6) is -0.618. The van der Waals surface area contributed by atoms with Gasteiger partial charge in [0.15, 0.2) is 8.32 Å². The lowest BCUT2D eigenvalue weighted by Gasteiger charge is -2.26. The number of benzene rings is 1. The Morgan fingerprint density at radius 3 is 2.00 bits per heavy atom. The Balaban J connectivity index is 1.94. The van der Waals surface area contributed by atoms with Crippen molar-refractivity contribution in [3.63, 3.8) is 0 Å². The summed E-state index contributed by atoms with van der Waals surface area (Å²) in [6.45, 7) is 3.71. The van der Waals surface area contributed by atoms with Gasteiger partial charge >= 0.3 is 9.05 Å². The molecule has 0 aromatic heterocycles. The van der Waals surface area contributed by atoms with Gasteiger partial charge in [-0.25, -0.2) is 0 Å². The standard InChI is InChI=1S/C13H19NO6Si2/c1-21(2,20-22(17,18)19)9-5-8-14-12(15)10-6-3-4-7-11(10)13(14)16/h3-4,6-7,17-19H,5,8-9H2,1-2H3. The van der Waals surface area contributed by atoms with E-state index in [1.807, 2.05) is 0 Å². The zero-order chi connectivity index (χ0) is 16.5. The SMILES string of the molecule is C[Si](C)(CCCN1C(=O)c2ccccc2C1=O)O[Si](O)(O)O. The Hall–Kier alpha value is -1.37. The van der Waals surface area contributed by atoms with Crippen molar-refractivity contribution in [2.45, 2.75) is 25.6 Å². The molecule has 22 heavy (non-hydrogen) atoms. The van der Waals surface area contributed by atoms with Crippen LogP contribution in [0.2, 0.25) is 19.1 Å². The average Bonchev–Trinajstić information content (AvgIpc) is 2.61. The van der Waals surface area contributed by atoms with E-state index in [0.29, 0.717) is 23.6 Å². The number of hydrogen-bond acceptors (Lipinski definition) is 6. The van der Waals surface area contributed by atoms with Gasteiger partial charge in [0.1, 0.15) is 0 Å². The van der Waals surface area contributed by atoms with Gasteiger partial charge in [0.05, 0.1) is 11.1 Å². The summed E-state index contributed by atoms with van der Waals surface area (Å²) in [6.07, 6.45) is 0.481. The second-order valence-electron chi connectivity index (χ2n) is 5.85. The van der Waals surface area contributed by atoms with Gasteiger partial charge in [-0.05, 0) is 37.7 Å². The fraction of sp³-hybridized carbons (Fsp3) is 0.385. The minimum absolute atomic E-state index is 0.239. The smallest absolute Gasteiger partial charge is 0.394 e. The fourth-order valence-electron chi connectivity index (χ4n) is 2.53. The van der Waals surface area contributed by atoms with Crippen molar-refractivity contribution >= 4 is 29.2 Å². The lowest BCUT2D eigenvalue weighted by molar-refractivity contribution is 0.0651. The summed E-state index contributed by atoms with van der Waals surface area (Å²) in [7, 11) is -7.01. The van der Waals surface area contributed by atoms with Crippen LogP contribution in [-0.4, -0.2) is 55.0 Å². The van der Waals surface area contributed by atoms with Gasteiger partial charge in [-0.15, -0.1) is 0 Å². The summed E-state index contributed by atoms with van der Waals surface area (Å²) >= 11 is 0. The van der Waals surface area contributed by atoms with E-state index in [2.05, 4.69) is 0 Å². The van der Waals surface area contributed by atoms with Crippen LogP contribution in [0.5, 0.6) is 0 Å². The number of amides is 2. The molecule has 1 aromatic rings. The van der Waals surface area contributed by atoms with Crippen LogP contribution in [0.15, 0.2) is 24.3 Å². The molecule has 0 spiro atoms. The molecule has 1 heterocycles. The Kier molecular flexibility index (Phi) is 4.66. The van der Waals surface area contributed by atoms with Crippen molar-refractivity contribution in [2.75, 3.05) is 6.54 Å². The molecule has 2 amide bonds. The molecule has 1 aliphatic heterocycles. The van der Waals surface area contributed by atoms with Gasteiger partial charge in [-0.3, -0.25) is 14.5 Å². The predicted molar refractivity (Wildman–Crippen MR) is 82.2 cm³/mol. The van der Waals surface area contributed by atoms with E-state index >= 15 is 0 Å². The quantitative estimate of drug-likeness (QED) is 0.508. The molecule has 0 saturated heterocycles. The average molecular weight is 341 g/mol. The van der Waals surface area contributed by atoms with Crippen LogP contribution in [0.3, 0.4) is 0 Å². The van der Waals surface area contributed by atoms with E-state index in [0.717, 1.165) is 0 Å². The Labute approximate surface area is 130 Å². The van der Waals surface area contributed by atoms with Crippen LogP contribution in [-0.2, 0) is 4.12 Å². The van der Waals surface area contributed by atoms with Gasteiger partial charge in [0.25, 0.3) is 11.8 Å². The van der Waals surface area contributed by atoms with Crippen molar-refractivity contribution in [3.05, 3.63) is 35.4 Å². The maximum atomic E-state index is 12.2. The number of fused-ring (bicyclic) bond motifs is 1. The Morgan fingerprint density at radius 2 is 1.55 bits per heavy atom. The first-order valence-corrected chi connectivity index (χ1v) is 11.8. The fourth-order valence-corrected chi connectivity index (χ4v) is 6.91. The van der Waals surface area contributed by atoms with Crippen LogP contribution in [0.1, 0.15) is 27.1 Å². The minimum atomic E-state index is -4.54. The van der Waals surface area contributed by atoms with E-state index in [-0.39, 0.29) is 18.4 Å². The summed E-state index contributed by atoms with van der Waals surface area (Å²) in [6, 6.07) is 7.16. The highest BCUT2D eigenvalue weighted by Gasteiger charge is 2.40. The first kappa shape index (κ1) is 17.0. The molecule has 0 bridgehead atoms. The zero-order valence-corrected chi connectivity index (χ0v) is 14.4. The van der Waals surface area contributed by atoms with Gasteiger partial charge in [-0.1, -0.05) is 12.1 Å². The normalized spacial score (nSPS) is 15.4. The van der Waals surface area contributed by atoms with E-state index < -0.39 is 17.4 Å². The summed E-state index contributed by atoms with van der Waals surface area (Å²) < 4.78 is 4.96. The maximum absolute atomic E-state index is 12.2. The maximum Gasteiger partial charge on any atom is 0.660 e. The third-order valence-electron chi connectivity index (χ3n) is 3.45. The summed E-state index contributed by atoms with van der Waals surface area (Å²) in [4.78, 5) is 52.5. The third kappa shape index (κ3) is 3.88. The molecule has 3 N–H and O–H groups in total. The molecular weight excluding hydrogens is 322 g/mol. The van der Waals surface area contributed by atoms with Crippen LogP contribution in [0, 0.1) is 0 Å². The highest BCUT2D eigenvalue weighted by Crippen LogP contribution is 2.24. The van der Waals surface area contributed by atoms with Crippen molar-refractivity contribution in [1.82, 2.24) is 4.90 Å². The third-order valence-corrected chi connectivity index (χ3v) is 8.32. The first-order chi connectivity index (χ1) is 10.1. The summed E-state index contributed by atoms with van der Waals surface area (Å²) in [5.41, 5.74) is 0.820. The number of rotatable bonds is 6. The van der Waals surface area contributed by atoms with Gasteiger partial charge in [0.2, 0.25) is 0 Å². The molecule has 1 aromatic carbocycles. The van der Waals surface area contributed by atoms with Crippen LogP contribution in [0.25, 0.3) is 0 Å². The number of imide groups is 1. The van der Waals surface area contributed by atoms with E-state index in [9.17, 15) is 9.59 Å². The van der Waals surface area contributed by atoms with Crippen molar-refractivity contribution in [2.24, 2.45) is 0 Å². The predicted octanol–water partition coefficient (Wildman–Crippen LogP) is 0.307. The van der Waals surface area contributed by atoms with Crippen LogP contribution < -0.4 is 0 Å². The van der Waals surface area contributed by atoms with Crippen LogP contribution in [0.4, 0.5) is 0 Å². The monoisotopic (exact) mass is 341 g/mol. The summed E-state index contributed by atoms with van der Waals surface area (Å²) in [5, 5.41) is 0. The van der Waals surface area contributed by atoms with Gasteiger partial charge in [-0.2, -0.15) is 0 Å². The molecular formula is C13H19NO6Si2. The van der Waals surface area contributed by atoms with Crippen molar-refractivity contribution < 1.29 is 28.1 Å². The zero-order valence-electron chi connectivity index (χ0n) is 12.4. The molecule has 0 unspecified atom stereocenters. The molecule has 1 aliphatic rings. The number of carbonyl (C=O) groups is 2. The Morgan fingerprint density at radius 1 is 1.05 bits per heavy atom. The second-order valence-corrected chi connectivity index (χ2v) is 11.8. The molecule has 9 heteroatoms. The van der Waals surface area contributed by atoms with Gasteiger partial charge < -0.3 is 18.5 Å².